The number of fused-ring (bicyclic) bond motifs is 1. The van der Waals surface area contributed by atoms with E-state index >= 15 is 0 Å². The number of allylic oxidation sites excluding steroid dienone is 3. The lowest BCUT2D eigenvalue weighted by Gasteiger charge is -2.37. The van der Waals surface area contributed by atoms with Crippen LogP contribution in [0.15, 0.2) is 83.2 Å². The van der Waals surface area contributed by atoms with Crippen LogP contribution in [0, 0.1) is 0 Å². The number of dihydropyridines is 1. The molecular weight excluding hydrogens is 494 g/mol. The Morgan fingerprint density at radius 3 is 2.46 bits per heavy atom. The number of carbonyl (C=O) groups is 2. The normalized spacial score (nSPS) is 19.0. The Labute approximate surface area is 228 Å². The highest BCUT2D eigenvalue weighted by Gasteiger charge is 2.42. The third-order valence-electron chi connectivity index (χ3n) is 7.58. The molecule has 0 fully saturated rings. The van der Waals surface area contributed by atoms with Crippen molar-refractivity contribution in [3.05, 3.63) is 94.3 Å². The number of benzene rings is 3. The summed E-state index contributed by atoms with van der Waals surface area (Å²) in [6.07, 6.45) is 0.948. The lowest BCUT2D eigenvalue weighted by molar-refractivity contribution is -0.140. The Bertz CT molecular complexity index is 1480. The topological polar surface area (TPSA) is 83.1 Å². The lowest BCUT2D eigenvalue weighted by atomic mass is 9.71. The highest BCUT2D eigenvalue weighted by atomic mass is 16.6. The van der Waals surface area contributed by atoms with E-state index in [2.05, 4.69) is 5.32 Å². The summed E-state index contributed by atoms with van der Waals surface area (Å²) in [6, 6.07) is 19.9. The van der Waals surface area contributed by atoms with Gasteiger partial charge in [-0.1, -0.05) is 48.5 Å². The van der Waals surface area contributed by atoms with Gasteiger partial charge in [-0.15, -0.1) is 0 Å². The molecule has 39 heavy (non-hydrogen) atoms. The van der Waals surface area contributed by atoms with Gasteiger partial charge in [-0.25, -0.2) is 4.79 Å². The Morgan fingerprint density at radius 2 is 1.69 bits per heavy atom. The van der Waals surface area contributed by atoms with Gasteiger partial charge in [0.2, 0.25) is 0 Å². The first-order valence-corrected chi connectivity index (χ1v) is 13.1. The van der Waals surface area contributed by atoms with Crippen LogP contribution in [0.2, 0.25) is 0 Å². The molecule has 0 unspecified atom stereocenters. The van der Waals surface area contributed by atoms with Crippen molar-refractivity contribution < 1.29 is 28.5 Å². The van der Waals surface area contributed by atoms with Crippen LogP contribution in [0.1, 0.15) is 42.7 Å². The van der Waals surface area contributed by atoms with Gasteiger partial charge < -0.3 is 24.3 Å². The molecule has 0 radical (unpaired) electrons. The van der Waals surface area contributed by atoms with Gasteiger partial charge >= 0.3 is 5.97 Å². The molecule has 0 aromatic heterocycles. The molecular formula is C32H33NO6. The van der Waals surface area contributed by atoms with Crippen LogP contribution in [-0.2, 0) is 19.1 Å². The van der Waals surface area contributed by atoms with Crippen LogP contribution >= 0.6 is 0 Å². The van der Waals surface area contributed by atoms with Crippen molar-refractivity contribution in [1.82, 2.24) is 5.32 Å². The number of ether oxygens (including phenoxy) is 4. The zero-order valence-electron chi connectivity index (χ0n) is 22.7. The van der Waals surface area contributed by atoms with Crippen LogP contribution in [0.5, 0.6) is 11.5 Å². The number of hydrogen-bond donors (Lipinski definition) is 1. The fourth-order valence-electron chi connectivity index (χ4n) is 5.76. The van der Waals surface area contributed by atoms with Crippen molar-refractivity contribution in [2.45, 2.75) is 31.6 Å². The summed E-state index contributed by atoms with van der Waals surface area (Å²) in [5.41, 5.74) is 4.54. The highest BCUT2D eigenvalue weighted by Crippen LogP contribution is 2.47. The second kappa shape index (κ2) is 11.3. The van der Waals surface area contributed by atoms with Crippen LogP contribution in [0.25, 0.3) is 10.8 Å². The molecule has 1 heterocycles. The smallest absolute Gasteiger partial charge is 0.336 e. The molecule has 2 aliphatic rings. The maximum absolute atomic E-state index is 14.0. The van der Waals surface area contributed by atoms with E-state index in [-0.39, 0.29) is 18.3 Å². The molecule has 3 aromatic carbocycles. The monoisotopic (exact) mass is 527 g/mol. The van der Waals surface area contributed by atoms with E-state index in [4.69, 9.17) is 18.9 Å². The predicted molar refractivity (Wildman–Crippen MR) is 149 cm³/mol. The average molecular weight is 528 g/mol. The average Bonchev–Trinajstić information content (AvgIpc) is 2.95. The van der Waals surface area contributed by atoms with Gasteiger partial charge in [0.1, 0.15) is 6.61 Å². The van der Waals surface area contributed by atoms with Gasteiger partial charge in [-0.3, -0.25) is 4.79 Å². The minimum absolute atomic E-state index is 0.0103. The molecule has 0 saturated heterocycles. The van der Waals surface area contributed by atoms with Gasteiger partial charge in [0, 0.05) is 36.4 Å². The SMILES string of the molecule is COCCOC(=O)C1=C(C)NC2=C(C(=O)C[C@H](c3ccc(OC)c(OC)c3)C2)[C@@H]1c1cccc2ccccc12. The van der Waals surface area contributed by atoms with Crippen molar-refractivity contribution in [1.29, 1.82) is 0 Å². The third-order valence-corrected chi connectivity index (χ3v) is 7.58. The van der Waals surface area contributed by atoms with E-state index in [9.17, 15) is 9.59 Å². The summed E-state index contributed by atoms with van der Waals surface area (Å²) in [5, 5.41) is 5.47. The molecule has 7 nitrogen and oxygen atoms in total. The minimum atomic E-state index is -0.541. The third kappa shape index (κ3) is 5.02. The van der Waals surface area contributed by atoms with Crippen molar-refractivity contribution in [2.75, 3.05) is 34.5 Å². The number of carbonyl (C=O) groups excluding carboxylic acids is 2. The number of esters is 1. The quantitative estimate of drug-likeness (QED) is 0.310. The number of Topliss-reactive ketones (excluding diaryl/α,β-unsaturated/α-hetero) is 1. The van der Waals surface area contributed by atoms with E-state index in [1.54, 1.807) is 21.3 Å². The van der Waals surface area contributed by atoms with Crippen molar-refractivity contribution in [3.63, 3.8) is 0 Å². The van der Waals surface area contributed by atoms with Crippen molar-refractivity contribution >= 4 is 22.5 Å². The molecule has 7 heteroatoms. The molecule has 2 atom stereocenters. The zero-order chi connectivity index (χ0) is 27.5. The molecule has 1 aliphatic carbocycles. The Balaban J connectivity index is 1.60. The molecule has 0 amide bonds. The number of hydrogen-bond acceptors (Lipinski definition) is 7. The predicted octanol–water partition coefficient (Wildman–Crippen LogP) is 5.41. The van der Waals surface area contributed by atoms with Gasteiger partial charge in [-0.05, 0) is 53.3 Å². The number of rotatable bonds is 8. The molecule has 0 bridgehead atoms. The maximum atomic E-state index is 14.0. The molecule has 0 saturated carbocycles. The van der Waals surface area contributed by atoms with Crippen molar-refractivity contribution in [3.8, 4) is 11.5 Å². The van der Waals surface area contributed by atoms with Crippen LogP contribution in [-0.4, -0.2) is 46.3 Å². The summed E-state index contributed by atoms with van der Waals surface area (Å²) < 4.78 is 21.6. The largest absolute Gasteiger partial charge is 0.493 e. The molecule has 5 rings (SSSR count). The zero-order valence-corrected chi connectivity index (χ0v) is 22.7. The van der Waals surface area contributed by atoms with Crippen LogP contribution in [0.3, 0.4) is 0 Å². The van der Waals surface area contributed by atoms with E-state index in [1.165, 1.54) is 0 Å². The van der Waals surface area contributed by atoms with E-state index in [0.29, 0.717) is 47.8 Å². The van der Waals surface area contributed by atoms with E-state index in [0.717, 1.165) is 27.6 Å². The Morgan fingerprint density at radius 1 is 0.923 bits per heavy atom. The van der Waals surface area contributed by atoms with E-state index in [1.807, 2.05) is 67.6 Å². The Hall–Kier alpha value is -4.10. The van der Waals surface area contributed by atoms with Crippen LogP contribution < -0.4 is 14.8 Å². The molecule has 3 aromatic rings. The highest BCUT2D eigenvalue weighted by molar-refractivity contribution is 6.05. The maximum Gasteiger partial charge on any atom is 0.336 e. The standard InChI is InChI=1S/C32H33NO6/c1-19-29(32(35)39-15-14-36-2)30(24-11-7-9-20-8-5-6-10-23(20)24)31-25(33-19)16-22(17-26(31)34)21-12-13-27(37-3)28(18-21)38-4/h5-13,18,22,30,33H,14-17H2,1-4H3/t22-,30-/m1/s1. The van der Waals surface area contributed by atoms with Gasteiger partial charge in [0.15, 0.2) is 17.3 Å². The second-order valence-electron chi connectivity index (χ2n) is 9.83. The first-order valence-electron chi connectivity index (χ1n) is 13.1. The minimum Gasteiger partial charge on any atom is -0.493 e. The number of ketones is 1. The molecule has 0 spiro atoms. The van der Waals surface area contributed by atoms with Crippen LogP contribution in [0.4, 0.5) is 0 Å². The fraction of sp³-hybridized carbons (Fsp3) is 0.312. The molecule has 202 valence electrons. The number of nitrogens with one attached hydrogen (secondary N) is 1. The first-order chi connectivity index (χ1) is 19.0. The fourth-order valence-corrected chi connectivity index (χ4v) is 5.76. The lowest BCUT2D eigenvalue weighted by Crippen LogP contribution is -2.36. The summed E-state index contributed by atoms with van der Waals surface area (Å²) in [7, 11) is 4.77. The second-order valence-corrected chi connectivity index (χ2v) is 9.83. The van der Waals surface area contributed by atoms with Gasteiger partial charge in [0.25, 0.3) is 0 Å². The summed E-state index contributed by atoms with van der Waals surface area (Å²) in [4.78, 5) is 27.5. The summed E-state index contributed by atoms with van der Waals surface area (Å²) in [6.45, 7) is 2.30. The van der Waals surface area contributed by atoms with E-state index < -0.39 is 11.9 Å². The molecule has 1 aliphatic heterocycles. The van der Waals surface area contributed by atoms with Gasteiger partial charge in [-0.2, -0.15) is 0 Å². The summed E-state index contributed by atoms with van der Waals surface area (Å²) in [5.74, 6) is 0.253. The summed E-state index contributed by atoms with van der Waals surface area (Å²) >= 11 is 0. The first kappa shape index (κ1) is 26.5. The number of methoxy groups -OCH3 is 3. The Kier molecular flexibility index (Phi) is 7.70. The van der Waals surface area contributed by atoms with Gasteiger partial charge in [0.05, 0.1) is 26.4 Å². The molecule has 1 N–H and O–H groups in total. The van der Waals surface area contributed by atoms with Crippen molar-refractivity contribution in [2.24, 2.45) is 0 Å².